The third-order valence-corrected chi connectivity index (χ3v) is 2.61. The molecule has 0 aliphatic rings. The first kappa shape index (κ1) is 15.0. The number of carbonyl (C=O) groups is 2. The van der Waals surface area contributed by atoms with Gasteiger partial charge in [-0.05, 0) is 19.1 Å². The molecule has 19 heavy (non-hydrogen) atoms. The van der Waals surface area contributed by atoms with Crippen molar-refractivity contribution in [2.45, 2.75) is 19.9 Å². The zero-order valence-corrected chi connectivity index (χ0v) is 11.6. The Balaban J connectivity index is 2.32. The SMILES string of the molecule is CC(=O)NC(C)C(=O)N(C)CCOc1ccccc1. The van der Waals surface area contributed by atoms with Crippen molar-refractivity contribution in [1.82, 2.24) is 10.2 Å². The number of ether oxygens (including phenoxy) is 1. The molecule has 0 aliphatic carbocycles. The Morgan fingerprint density at radius 1 is 1.32 bits per heavy atom. The van der Waals surface area contributed by atoms with E-state index in [1.807, 2.05) is 30.3 Å². The van der Waals surface area contributed by atoms with E-state index < -0.39 is 6.04 Å². The normalized spacial score (nSPS) is 11.5. The average molecular weight is 264 g/mol. The van der Waals surface area contributed by atoms with Crippen LogP contribution in [-0.4, -0.2) is 43.0 Å². The molecule has 0 aromatic heterocycles. The van der Waals surface area contributed by atoms with Crippen LogP contribution in [0.4, 0.5) is 0 Å². The maximum absolute atomic E-state index is 11.9. The summed E-state index contributed by atoms with van der Waals surface area (Å²) in [5.74, 6) is 0.430. The second kappa shape index (κ2) is 7.41. The number of nitrogens with one attached hydrogen (secondary N) is 1. The van der Waals surface area contributed by atoms with Crippen LogP contribution in [0.5, 0.6) is 5.75 Å². The molecule has 1 aromatic rings. The Hall–Kier alpha value is -2.04. The Labute approximate surface area is 113 Å². The zero-order valence-electron chi connectivity index (χ0n) is 11.6. The Morgan fingerprint density at radius 3 is 2.53 bits per heavy atom. The number of amides is 2. The van der Waals surface area contributed by atoms with E-state index in [2.05, 4.69) is 5.32 Å². The standard InChI is InChI=1S/C14H20N2O3/c1-11(15-12(2)17)14(18)16(3)9-10-19-13-7-5-4-6-8-13/h4-8,11H,9-10H2,1-3H3,(H,15,17). The van der Waals surface area contributed by atoms with Gasteiger partial charge in [0.1, 0.15) is 18.4 Å². The predicted molar refractivity (Wildman–Crippen MR) is 72.9 cm³/mol. The fraction of sp³-hybridized carbons (Fsp3) is 0.429. The lowest BCUT2D eigenvalue weighted by Crippen LogP contribution is -2.45. The van der Waals surface area contributed by atoms with Gasteiger partial charge in [0.15, 0.2) is 0 Å². The molecule has 0 saturated heterocycles. The molecule has 0 aliphatic heterocycles. The van der Waals surface area contributed by atoms with Crippen LogP contribution >= 0.6 is 0 Å². The minimum absolute atomic E-state index is 0.133. The van der Waals surface area contributed by atoms with E-state index in [4.69, 9.17) is 4.74 Å². The highest BCUT2D eigenvalue weighted by Gasteiger charge is 2.17. The average Bonchev–Trinajstić information content (AvgIpc) is 2.38. The van der Waals surface area contributed by atoms with Crippen LogP contribution in [0.2, 0.25) is 0 Å². The number of para-hydroxylation sites is 1. The van der Waals surface area contributed by atoms with E-state index in [0.717, 1.165) is 5.75 Å². The molecule has 1 atom stereocenters. The van der Waals surface area contributed by atoms with Crippen molar-refractivity contribution in [3.05, 3.63) is 30.3 Å². The number of likely N-dealkylation sites (N-methyl/N-ethyl adjacent to an activating group) is 1. The smallest absolute Gasteiger partial charge is 0.244 e. The minimum Gasteiger partial charge on any atom is -0.492 e. The van der Waals surface area contributed by atoms with Gasteiger partial charge in [-0.15, -0.1) is 0 Å². The van der Waals surface area contributed by atoms with Crippen LogP contribution in [0.3, 0.4) is 0 Å². The van der Waals surface area contributed by atoms with E-state index in [1.165, 1.54) is 6.92 Å². The molecule has 1 unspecified atom stereocenters. The molecule has 0 bridgehead atoms. The van der Waals surface area contributed by atoms with Crippen LogP contribution < -0.4 is 10.1 Å². The van der Waals surface area contributed by atoms with E-state index in [0.29, 0.717) is 13.2 Å². The van der Waals surface area contributed by atoms with Crippen molar-refractivity contribution < 1.29 is 14.3 Å². The summed E-state index contributed by atoms with van der Waals surface area (Å²) in [5, 5.41) is 2.56. The van der Waals surface area contributed by atoms with E-state index >= 15 is 0 Å². The molecule has 1 N–H and O–H groups in total. The van der Waals surface area contributed by atoms with Gasteiger partial charge >= 0.3 is 0 Å². The van der Waals surface area contributed by atoms with Gasteiger partial charge in [0.05, 0.1) is 6.54 Å². The number of benzene rings is 1. The van der Waals surface area contributed by atoms with Crippen molar-refractivity contribution >= 4 is 11.8 Å². The van der Waals surface area contributed by atoms with E-state index in [9.17, 15) is 9.59 Å². The number of nitrogens with zero attached hydrogens (tertiary/aromatic N) is 1. The van der Waals surface area contributed by atoms with E-state index in [1.54, 1.807) is 18.9 Å². The lowest BCUT2D eigenvalue weighted by Gasteiger charge is -2.21. The predicted octanol–water partition coefficient (Wildman–Crippen LogP) is 1.05. The number of carbonyl (C=O) groups excluding carboxylic acids is 2. The quantitative estimate of drug-likeness (QED) is 0.835. The molecule has 0 fully saturated rings. The fourth-order valence-corrected chi connectivity index (χ4v) is 1.62. The molecular formula is C14H20N2O3. The molecular weight excluding hydrogens is 244 g/mol. The first-order chi connectivity index (χ1) is 9.00. The van der Waals surface area contributed by atoms with Crippen molar-refractivity contribution in [3.63, 3.8) is 0 Å². The molecule has 5 nitrogen and oxygen atoms in total. The first-order valence-electron chi connectivity index (χ1n) is 6.20. The molecule has 5 heteroatoms. The lowest BCUT2D eigenvalue weighted by atomic mass is 10.3. The summed E-state index contributed by atoms with van der Waals surface area (Å²) in [6.07, 6.45) is 0. The maximum Gasteiger partial charge on any atom is 0.244 e. The summed E-state index contributed by atoms with van der Waals surface area (Å²) in [7, 11) is 1.69. The highest BCUT2D eigenvalue weighted by atomic mass is 16.5. The molecule has 0 heterocycles. The van der Waals surface area contributed by atoms with Gasteiger partial charge in [-0.25, -0.2) is 0 Å². The van der Waals surface area contributed by atoms with Crippen molar-refractivity contribution in [2.75, 3.05) is 20.2 Å². The summed E-state index contributed by atoms with van der Waals surface area (Å²) >= 11 is 0. The second-order valence-corrected chi connectivity index (χ2v) is 4.34. The van der Waals surface area contributed by atoms with Gasteiger partial charge < -0.3 is 15.0 Å². The van der Waals surface area contributed by atoms with Crippen LogP contribution in [-0.2, 0) is 9.59 Å². The topological polar surface area (TPSA) is 58.6 Å². The summed E-state index contributed by atoms with van der Waals surface area (Å²) in [4.78, 5) is 24.3. The second-order valence-electron chi connectivity index (χ2n) is 4.34. The fourth-order valence-electron chi connectivity index (χ4n) is 1.62. The minimum atomic E-state index is -0.515. The van der Waals surface area contributed by atoms with E-state index in [-0.39, 0.29) is 11.8 Å². The summed E-state index contributed by atoms with van der Waals surface area (Å²) in [5.41, 5.74) is 0. The summed E-state index contributed by atoms with van der Waals surface area (Å²) in [6, 6.07) is 8.91. The molecule has 0 spiro atoms. The van der Waals surface area contributed by atoms with Gasteiger partial charge in [0.2, 0.25) is 11.8 Å². The molecule has 104 valence electrons. The Morgan fingerprint density at radius 2 is 1.95 bits per heavy atom. The molecule has 1 rings (SSSR count). The third kappa shape index (κ3) is 5.42. The van der Waals surface area contributed by atoms with Crippen LogP contribution in [0.25, 0.3) is 0 Å². The summed E-state index contributed by atoms with van der Waals surface area (Å²) in [6.45, 7) is 3.94. The highest BCUT2D eigenvalue weighted by molar-refractivity contribution is 5.86. The zero-order chi connectivity index (χ0) is 14.3. The van der Waals surface area contributed by atoms with Crippen LogP contribution in [0.1, 0.15) is 13.8 Å². The monoisotopic (exact) mass is 264 g/mol. The number of hydrogen-bond acceptors (Lipinski definition) is 3. The molecule has 0 radical (unpaired) electrons. The highest BCUT2D eigenvalue weighted by Crippen LogP contribution is 2.07. The van der Waals surface area contributed by atoms with Crippen molar-refractivity contribution in [2.24, 2.45) is 0 Å². The van der Waals surface area contributed by atoms with Crippen LogP contribution in [0.15, 0.2) is 30.3 Å². The van der Waals surface area contributed by atoms with Gasteiger partial charge in [0.25, 0.3) is 0 Å². The van der Waals surface area contributed by atoms with Gasteiger partial charge in [-0.2, -0.15) is 0 Å². The summed E-state index contributed by atoms with van der Waals surface area (Å²) < 4.78 is 5.51. The van der Waals surface area contributed by atoms with Crippen molar-refractivity contribution in [3.8, 4) is 5.75 Å². The van der Waals surface area contributed by atoms with Crippen LogP contribution in [0, 0.1) is 0 Å². The number of hydrogen-bond donors (Lipinski definition) is 1. The number of rotatable bonds is 6. The molecule has 2 amide bonds. The largest absolute Gasteiger partial charge is 0.492 e. The molecule has 1 aromatic carbocycles. The maximum atomic E-state index is 11.9. The first-order valence-corrected chi connectivity index (χ1v) is 6.20. The van der Waals surface area contributed by atoms with Gasteiger partial charge in [-0.3, -0.25) is 9.59 Å². The Kier molecular flexibility index (Phi) is 5.85. The Bertz CT molecular complexity index is 420. The lowest BCUT2D eigenvalue weighted by molar-refractivity contribution is -0.134. The molecule has 0 saturated carbocycles. The van der Waals surface area contributed by atoms with Crippen molar-refractivity contribution in [1.29, 1.82) is 0 Å². The van der Waals surface area contributed by atoms with Gasteiger partial charge in [0, 0.05) is 14.0 Å². The van der Waals surface area contributed by atoms with Gasteiger partial charge in [-0.1, -0.05) is 18.2 Å². The third-order valence-electron chi connectivity index (χ3n) is 2.61.